The molecule has 0 fully saturated rings. The first-order chi connectivity index (χ1) is 4.97. The molecule has 0 aliphatic heterocycles. The van der Waals surface area contributed by atoms with Gasteiger partial charge in [0.05, 0.1) is 0 Å². The normalized spacial score (nSPS) is 10.0. The third-order valence-electron chi connectivity index (χ3n) is 0.847. The fraction of sp³-hybridized carbons (Fsp3) is 0. The number of nitrogens with one attached hydrogen (secondary N) is 1. The molecule has 2 aromatic rings. The van der Waals surface area contributed by atoms with Crippen LogP contribution in [0.1, 0.15) is 0 Å². The maximum absolute atomic E-state index is 3.64. The average molecular weight is 155 g/mol. The Kier molecular flexibility index (Phi) is 1.10. The summed E-state index contributed by atoms with van der Waals surface area (Å²) in [5.41, 5.74) is 0. The number of aromatic nitrogens is 7. The molecule has 0 unspecified atom stereocenters. The maximum Gasteiger partial charge on any atom is 0.212 e. The predicted octanol–water partition coefficient (Wildman–Crippen LogP) is -0.887. The van der Waals surface area contributed by atoms with Crippen molar-refractivity contribution in [3.8, 4) is 10.8 Å². The van der Waals surface area contributed by atoms with Crippen molar-refractivity contribution in [3.63, 3.8) is 0 Å². The maximum atomic E-state index is 3.64. The Balaban J connectivity index is 2.48. The van der Waals surface area contributed by atoms with Gasteiger partial charge < -0.3 is 0 Å². The smallest absolute Gasteiger partial charge is 0.212 e. The topological polar surface area (TPSA) is 93.1 Å². The summed E-state index contributed by atoms with van der Waals surface area (Å²) >= 11 is 1.13. The quantitative estimate of drug-likeness (QED) is 0.574. The molecule has 0 saturated heterocycles. The first-order valence-electron chi connectivity index (χ1n) is 2.36. The van der Waals surface area contributed by atoms with Crippen LogP contribution in [0, 0.1) is 0 Å². The molecule has 0 aromatic carbocycles. The van der Waals surface area contributed by atoms with Crippen LogP contribution in [-0.2, 0) is 0 Å². The molecule has 0 atom stereocenters. The van der Waals surface area contributed by atoms with Gasteiger partial charge in [-0.15, -0.1) is 10.2 Å². The molecule has 0 bridgehead atoms. The van der Waals surface area contributed by atoms with Crippen molar-refractivity contribution in [1.82, 2.24) is 35.4 Å². The third kappa shape index (κ3) is 0.739. The van der Waals surface area contributed by atoms with Gasteiger partial charge in [0.1, 0.15) is 0 Å². The van der Waals surface area contributed by atoms with E-state index in [-0.39, 0.29) is 0 Å². The van der Waals surface area contributed by atoms with E-state index in [4.69, 9.17) is 0 Å². The molecule has 10 heavy (non-hydrogen) atoms. The van der Waals surface area contributed by atoms with Gasteiger partial charge in [0.2, 0.25) is 10.8 Å². The SMILES string of the molecule is n1n[nH]c(-c2nnns2)n1. The molecule has 0 radical (unpaired) electrons. The summed E-state index contributed by atoms with van der Waals surface area (Å²) in [4.78, 5) is 0. The molecular weight excluding hydrogens is 154 g/mol. The fourth-order valence-electron chi connectivity index (χ4n) is 0.474. The highest BCUT2D eigenvalue weighted by Crippen LogP contribution is 2.10. The molecule has 0 amide bonds. The van der Waals surface area contributed by atoms with E-state index in [1.54, 1.807) is 0 Å². The van der Waals surface area contributed by atoms with Crippen LogP contribution in [0.2, 0.25) is 0 Å². The number of aromatic amines is 1. The zero-order valence-electron chi connectivity index (χ0n) is 4.59. The average Bonchev–Trinajstić information content (AvgIpc) is 2.59. The summed E-state index contributed by atoms with van der Waals surface area (Å²) in [5, 5.41) is 20.5. The fourth-order valence-corrected chi connectivity index (χ4v) is 0.871. The molecule has 0 saturated carbocycles. The Morgan fingerprint density at radius 2 is 2.20 bits per heavy atom. The molecule has 0 aliphatic carbocycles. The van der Waals surface area contributed by atoms with Crippen molar-refractivity contribution in [3.05, 3.63) is 0 Å². The van der Waals surface area contributed by atoms with Crippen LogP contribution in [0.15, 0.2) is 0 Å². The highest BCUT2D eigenvalue weighted by atomic mass is 32.1. The molecule has 2 aromatic heterocycles. The molecule has 0 spiro atoms. The van der Waals surface area contributed by atoms with Crippen molar-refractivity contribution >= 4 is 11.5 Å². The second-order valence-corrected chi connectivity index (χ2v) is 2.15. The lowest BCUT2D eigenvalue weighted by Gasteiger charge is -1.76. The lowest BCUT2D eigenvalue weighted by Crippen LogP contribution is -1.78. The molecule has 1 N–H and O–H groups in total. The Bertz CT molecular complexity index is 251. The Morgan fingerprint density at radius 1 is 1.20 bits per heavy atom. The van der Waals surface area contributed by atoms with Gasteiger partial charge in [-0.05, 0) is 15.6 Å². The molecule has 2 rings (SSSR count). The van der Waals surface area contributed by atoms with E-state index >= 15 is 0 Å². The minimum absolute atomic E-state index is 0.495. The summed E-state index contributed by atoms with van der Waals surface area (Å²) in [5.74, 6) is 0.495. The van der Waals surface area contributed by atoms with Crippen LogP contribution in [0.25, 0.3) is 10.8 Å². The van der Waals surface area contributed by atoms with Crippen molar-refractivity contribution < 1.29 is 0 Å². The molecular formula is C2HN7S. The second kappa shape index (κ2) is 2.06. The highest BCUT2D eigenvalue weighted by Gasteiger charge is 2.04. The lowest BCUT2D eigenvalue weighted by molar-refractivity contribution is 0.881. The Labute approximate surface area is 58.6 Å². The zero-order valence-corrected chi connectivity index (χ0v) is 5.41. The summed E-state index contributed by atoms with van der Waals surface area (Å²) in [6.07, 6.45) is 0. The summed E-state index contributed by atoms with van der Waals surface area (Å²) in [6, 6.07) is 0. The first kappa shape index (κ1) is 5.35. The van der Waals surface area contributed by atoms with Crippen molar-refractivity contribution in [2.75, 3.05) is 0 Å². The highest BCUT2D eigenvalue weighted by molar-refractivity contribution is 7.08. The van der Waals surface area contributed by atoms with Crippen LogP contribution in [0.5, 0.6) is 0 Å². The summed E-state index contributed by atoms with van der Waals surface area (Å²) in [6.45, 7) is 0. The van der Waals surface area contributed by atoms with E-state index in [0.717, 1.165) is 11.5 Å². The van der Waals surface area contributed by atoms with E-state index in [2.05, 4.69) is 35.4 Å². The predicted molar refractivity (Wildman–Crippen MR) is 30.9 cm³/mol. The minimum atomic E-state index is 0.495. The number of rotatable bonds is 1. The molecule has 7 nitrogen and oxygen atoms in total. The van der Waals surface area contributed by atoms with E-state index in [9.17, 15) is 0 Å². The van der Waals surface area contributed by atoms with Gasteiger partial charge in [-0.1, -0.05) is 4.49 Å². The number of hydrogen-bond acceptors (Lipinski definition) is 7. The van der Waals surface area contributed by atoms with Crippen molar-refractivity contribution in [1.29, 1.82) is 0 Å². The van der Waals surface area contributed by atoms with Gasteiger partial charge in [0.25, 0.3) is 0 Å². The third-order valence-corrected chi connectivity index (χ3v) is 1.45. The second-order valence-electron chi connectivity index (χ2n) is 1.42. The number of H-pyrrole nitrogens is 1. The van der Waals surface area contributed by atoms with Crippen molar-refractivity contribution in [2.45, 2.75) is 0 Å². The molecule has 8 heteroatoms. The van der Waals surface area contributed by atoms with E-state index < -0.39 is 0 Å². The Morgan fingerprint density at radius 3 is 2.80 bits per heavy atom. The first-order valence-corrected chi connectivity index (χ1v) is 3.13. The van der Waals surface area contributed by atoms with Gasteiger partial charge in [-0.3, -0.25) is 0 Å². The number of tetrazole rings is 1. The largest absolute Gasteiger partial charge is 0.237 e. The van der Waals surface area contributed by atoms with Gasteiger partial charge in [-0.25, -0.2) is 5.10 Å². The van der Waals surface area contributed by atoms with E-state index in [0.29, 0.717) is 10.8 Å². The van der Waals surface area contributed by atoms with Gasteiger partial charge in [0.15, 0.2) is 0 Å². The monoisotopic (exact) mass is 155 g/mol. The summed E-state index contributed by atoms with van der Waals surface area (Å²) < 4.78 is 3.54. The van der Waals surface area contributed by atoms with Crippen molar-refractivity contribution in [2.24, 2.45) is 0 Å². The number of nitrogens with zero attached hydrogens (tertiary/aromatic N) is 6. The van der Waals surface area contributed by atoms with Crippen LogP contribution in [-0.4, -0.2) is 35.4 Å². The van der Waals surface area contributed by atoms with Gasteiger partial charge in [-0.2, -0.15) is 0 Å². The zero-order chi connectivity index (χ0) is 6.81. The van der Waals surface area contributed by atoms with Crippen LogP contribution >= 0.6 is 11.5 Å². The standard InChI is InChI=1S/C2HN7S/c3-1(4-7-6-3)2-5-8-9-10-2/h(H,3,4,6,7). The van der Waals surface area contributed by atoms with Crippen LogP contribution in [0.4, 0.5) is 0 Å². The number of hydrogen-bond donors (Lipinski definition) is 1. The molecule has 2 heterocycles. The minimum Gasteiger partial charge on any atom is -0.237 e. The van der Waals surface area contributed by atoms with Crippen LogP contribution in [0.3, 0.4) is 0 Å². The van der Waals surface area contributed by atoms with E-state index in [1.807, 2.05) is 0 Å². The van der Waals surface area contributed by atoms with Gasteiger partial charge >= 0.3 is 0 Å². The molecule has 50 valence electrons. The van der Waals surface area contributed by atoms with Crippen LogP contribution < -0.4 is 0 Å². The van der Waals surface area contributed by atoms with E-state index in [1.165, 1.54) is 0 Å². The Hall–Kier alpha value is -1.44. The van der Waals surface area contributed by atoms with Gasteiger partial charge in [0, 0.05) is 11.5 Å². The lowest BCUT2D eigenvalue weighted by atomic mass is 10.7. The molecule has 0 aliphatic rings. The summed E-state index contributed by atoms with van der Waals surface area (Å²) in [7, 11) is 0.